The van der Waals surface area contributed by atoms with E-state index >= 15 is 0 Å². The van der Waals surface area contributed by atoms with Crippen LogP contribution in [-0.2, 0) is 6.54 Å². The summed E-state index contributed by atoms with van der Waals surface area (Å²) in [6.07, 6.45) is 4.76. The largest absolute Gasteiger partial charge is 0.478 e. The molecule has 1 saturated carbocycles. The molecule has 2 aromatic rings. The lowest BCUT2D eigenvalue weighted by Gasteiger charge is -2.10. The third-order valence-corrected chi connectivity index (χ3v) is 4.13. The highest BCUT2D eigenvalue weighted by atomic mass is 16.4. The fourth-order valence-electron chi connectivity index (χ4n) is 2.83. The third kappa shape index (κ3) is 2.94. The number of aromatic carboxylic acids is 1. The molecule has 1 aliphatic carbocycles. The Kier molecular flexibility index (Phi) is 3.70. The van der Waals surface area contributed by atoms with Crippen molar-refractivity contribution in [2.45, 2.75) is 52.0 Å². The zero-order valence-corrected chi connectivity index (χ0v) is 12.7. The van der Waals surface area contributed by atoms with Gasteiger partial charge in [0.2, 0.25) is 0 Å². The summed E-state index contributed by atoms with van der Waals surface area (Å²) in [4.78, 5) is 15.8. The molecule has 1 heterocycles. The molecule has 0 atom stereocenters. The van der Waals surface area contributed by atoms with Gasteiger partial charge in [-0.1, -0.05) is 13.8 Å². The highest BCUT2D eigenvalue weighted by Gasteiger charge is 2.29. The molecule has 3 rings (SSSR count). The van der Waals surface area contributed by atoms with E-state index < -0.39 is 5.97 Å². The number of carbonyl (C=O) groups is 1. The van der Waals surface area contributed by atoms with Crippen LogP contribution in [-0.4, -0.2) is 20.6 Å². The van der Waals surface area contributed by atoms with Gasteiger partial charge in [-0.2, -0.15) is 0 Å². The van der Waals surface area contributed by atoms with Crippen LogP contribution in [0.2, 0.25) is 0 Å². The topological polar surface area (TPSA) is 55.1 Å². The van der Waals surface area contributed by atoms with Gasteiger partial charge in [0.25, 0.3) is 0 Å². The van der Waals surface area contributed by atoms with Crippen molar-refractivity contribution < 1.29 is 9.90 Å². The van der Waals surface area contributed by atoms with Crippen molar-refractivity contribution in [1.82, 2.24) is 9.55 Å². The molecule has 21 heavy (non-hydrogen) atoms. The molecule has 0 amide bonds. The number of hydrogen-bond donors (Lipinski definition) is 1. The van der Waals surface area contributed by atoms with E-state index in [0.29, 0.717) is 17.4 Å². The van der Waals surface area contributed by atoms with Gasteiger partial charge in [0.1, 0.15) is 5.82 Å². The maximum atomic E-state index is 11.1. The van der Waals surface area contributed by atoms with E-state index in [2.05, 4.69) is 18.4 Å². The number of aromatic nitrogens is 2. The summed E-state index contributed by atoms with van der Waals surface area (Å²) in [6.45, 7) is 5.47. The molecule has 1 N–H and O–H groups in total. The molecule has 0 saturated heterocycles. The number of nitrogens with zero attached hydrogens (tertiary/aromatic N) is 2. The third-order valence-electron chi connectivity index (χ3n) is 4.13. The van der Waals surface area contributed by atoms with E-state index in [0.717, 1.165) is 29.8 Å². The average Bonchev–Trinajstić information content (AvgIpc) is 3.21. The zero-order valence-electron chi connectivity index (χ0n) is 12.7. The standard InChI is InChI=1S/C17H22N2O2/c1-11(2)4-3-9-19-15-8-7-13(17(20)21)10-14(15)18-16(19)12-5-6-12/h7-8,10-12H,3-6,9H2,1-2H3,(H,20,21). The molecule has 0 radical (unpaired) electrons. The molecule has 0 aliphatic heterocycles. The van der Waals surface area contributed by atoms with Crippen LogP contribution in [0.25, 0.3) is 11.0 Å². The lowest BCUT2D eigenvalue weighted by Crippen LogP contribution is -2.04. The van der Waals surface area contributed by atoms with E-state index in [1.807, 2.05) is 6.07 Å². The Balaban J connectivity index is 1.95. The predicted octanol–water partition coefficient (Wildman–Crippen LogP) is 4.05. The monoisotopic (exact) mass is 286 g/mol. The Bertz CT molecular complexity index is 669. The van der Waals surface area contributed by atoms with Gasteiger partial charge < -0.3 is 9.67 Å². The van der Waals surface area contributed by atoms with E-state index in [1.165, 1.54) is 19.3 Å². The summed E-state index contributed by atoms with van der Waals surface area (Å²) in [7, 11) is 0. The number of imidazole rings is 1. The van der Waals surface area contributed by atoms with Crippen LogP contribution >= 0.6 is 0 Å². The van der Waals surface area contributed by atoms with Gasteiger partial charge in [-0.25, -0.2) is 9.78 Å². The van der Waals surface area contributed by atoms with Crippen LogP contribution in [0.3, 0.4) is 0 Å². The molecule has 1 fully saturated rings. The molecule has 0 unspecified atom stereocenters. The van der Waals surface area contributed by atoms with Gasteiger partial charge in [-0.05, 0) is 49.8 Å². The molecule has 1 aromatic heterocycles. The summed E-state index contributed by atoms with van der Waals surface area (Å²) in [5.41, 5.74) is 2.21. The smallest absolute Gasteiger partial charge is 0.335 e. The van der Waals surface area contributed by atoms with Gasteiger partial charge in [0.05, 0.1) is 16.6 Å². The second kappa shape index (κ2) is 5.51. The SMILES string of the molecule is CC(C)CCCn1c(C2CC2)nc2cc(C(=O)O)ccc21. The van der Waals surface area contributed by atoms with Gasteiger partial charge in [0.15, 0.2) is 0 Å². The first-order chi connectivity index (χ1) is 10.1. The summed E-state index contributed by atoms with van der Waals surface area (Å²) in [6, 6.07) is 5.29. The van der Waals surface area contributed by atoms with Crippen LogP contribution in [0, 0.1) is 5.92 Å². The predicted molar refractivity (Wildman–Crippen MR) is 82.7 cm³/mol. The molecule has 1 aliphatic rings. The first-order valence-corrected chi connectivity index (χ1v) is 7.79. The lowest BCUT2D eigenvalue weighted by molar-refractivity contribution is 0.0697. The average molecular weight is 286 g/mol. The molecule has 4 heteroatoms. The zero-order chi connectivity index (χ0) is 15.0. The molecule has 112 valence electrons. The minimum atomic E-state index is -0.890. The number of aryl methyl sites for hydroxylation is 1. The van der Waals surface area contributed by atoms with Crippen molar-refractivity contribution in [3.63, 3.8) is 0 Å². The van der Waals surface area contributed by atoms with Crippen molar-refractivity contribution in [2.24, 2.45) is 5.92 Å². The highest BCUT2D eigenvalue weighted by molar-refractivity contribution is 5.92. The summed E-state index contributed by atoms with van der Waals surface area (Å²) in [5.74, 6) is 1.54. The van der Waals surface area contributed by atoms with Crippen LogP contribution in [0.5, 0.6) is 0 Å². The second-order valence-electron chi connectivity index (χ2n) is 6.44. The molecule has 1 aromatic carbocycles. The Hall–Kier alpha value is -1.84. The van der Waals surface area contributed by atoms with E-state index in [9.17, 15) is 4.79 Å². The van der Waals surface area contributed by atoms with Crippen LogP contribution in [0.4, 0.5) is 0 Å². The molecule has 4 nitrogen and oxygen atoms in total. The van der Waals surface area contributed by atoms with E-state index in [1.54, 1.807) is 12.1 Å². The molecule has 0 spiro atoms. The quantitative estimate of drug-likeness (QED) is 0.871. The van der Waals surface area contributed by atoms with Crippen LogP contribution in [0.1, 0.15) is 61.6 Å². The first-order valence-electron chi connectivity index (χ1n) is 7.79. The van der Waals surface area contributed by atoms with Gasteiger partial charge in [-0.3, -0.25) is 0 Å². The Morgan fingerprint density at radius 3 is 2.81 bits per heavy atom. The summed E-state index contributed by atoms with van der Waals surface area (Å²) < 4.78 is 2.31. The normalized spacial score (nSPS) is 15.0. The number of benzene rings is 1. The van der Waals surface area contributed by atoms with Gasteiger partial charge in [0, 0.05) is 12.5 Å². The van der Waals surface area contributed by atoms with Crippen molar-refractivity contribution in [1.29, 1.82) is 0 Å². The Morgan fingerprint density at radius 2 is 2.19 bits per heavy atom. The van der Waals surface area contributed by atoms with E-state index in [-0.39, 0.29) is 0 Å². The lowest BCUT2D eigenvalue weighted by atomic mass is 10.1. The van der Waals surface area contributed by atoms with Crippen molar-refractivity contribution in [3.8, 4) is 0 Å². The van der Waals surface area contributed by atoms with Crippen molar-refractivity contribution in [3.05, 3.63) is 29.6 Å². The van der Waals surface area contributed by atoms with Crippen molar-refractivity contribution >= 4 is 17.0 Å². The Labute approximate surface area is 124 Å². The number of hydrogen-bond acceptors (Lipinski definition) is 2. The number of fused-ring (bicyclic) bond motifs is 1. The first kappa shape index (κ1) is 14.1. The fraction of sp³-hybridized carbons (Fsp3) is 0.529. The maximum Gasteiger partial charge on any atom is 0.335 e. The second-order valence-corrected chi connectivity index (χ2v) is 6.44. The van der Waals surface area contributed by atoms with Crippen LogP contribution < -0.4 is 0 Å². The summed E-state index contributed by atoms with van der Waals surface area (Å²) >= 11 is 0. The summed E-state index contributed by atoms with van der Waals surface area (Å²) in [5, 5.41) is 9.11. The van der Waals surface area contributed by atoms with Crippen LogP contribution in [0.15, 0.2) is 18.2 Å². The van der Waals surface area contributed by atoms with E-state index in [4.69, 9.17) is 10.1 Å². The van der Waals surface area contributed by atoms with Gasteiger partial charge in [-0.15, -0.1) is 0 Å². The Morgan fingerprint density at radius 1 is 1.43 bits per heavy atom. The minimum Gasteiger partial charge on any atom is -0.478 e. The molecule has 0 bridgehead atoms. The van der Waals surface area contributed by atoms with Gasteiger partial charge >= 0.3 is 5.97 Å². The number of carboxylic acid groups (broad SMARTS) is 1. The fourth-order valence-corrected chi connectivity index (χ4v) is 2.83. The maximum absolute atomic E-state index is 11.1. The molecular formula is C17H22N2O2. The van der Waals surface area contributed by atoms with Crippen molar-refractivity contribution in [2.75, 3.05) is 0 Å². The highest BCUT2D eigenvalue weighted by Crippen LogP contribution is 2.40. The minimum absolute atomic E-state index is 0.316. The molecular weight excluding hydrogens is 264 g/mol. The number of carboxylic acids is 1. The number of rotatable bonds is 6.